The quantitative estimate of drug-likeness (QED) is 0.160. The van der Waals surface area contributed by atoms with E-state index in [2.05, 4.69) is 246 Å². The summed E-state index contributed by atoms with van der Waals surface area (Å²) in [4.78, 5) is 2.37. The molecule has 0 bridgehead atoms. The third-order valence-electron chi connectivity index (χ3n) is 13.4. The SMILES string of the molecule is Cc1cc(C)cc(N(c2ccc(-c3ccc(-n4c5ccccc5c5c6oc7ccccc7c6ccc54)cc3)cc2)c2ccc(-c3ccc4c(c3)c3ccccc3n4-c3ccccc3)cc2)c1. The number of hydrogen-bond acceptors (Lipinski definition) is 2. The number of para-hydroxylation sites is 4. The van der Waals surface area contributed by atoms with E-state index in [1.807, 2.05) is 6.07 Å². The van der Waals surface area contributed by atoms with Crippen LogP contribution in [0, 0.1) is 13.8 Å². The first-order chi connectivity index (χ1) is 32.5. The topological polar surface area (TPSA) is 26.2 Å². The van der Waals surface area contributed by atoms with E-state index in [9.17, 15) is 0 Å². The minimum absolute atomic E-state index is 0.913. The lowest BCUT2D eigenvalue weighted by atomic mass is 10.0. The molecule has 13 rings (SSSR count). The predicted octanol–water partition coefficient (Wildman–Crippen LogP) is 17.2. The van der Waals surface area contributed by atoms with Crippen LogP contribution in [0.3, 0.4) is 0 Å². The summed E-state index contributed by atoms with van der Waals surface area (Å²) in [5, 5.41) is 7.12. The average molecular weight is 846 g/mol. The molecule has 0 saturated heterocycles. The normalized spacial score (nSPS) is 11.8. The van der Waals surface area contributed by atoms with Gasteiger partial charge in [-0.3, -0.25) is 0 Å². The molecule has 0 unspecified atom stereocenters. The molecule has 0 aliphatic rings. The van der Waals surface area contributed by atoms with Gasteiger partial charge in [0.05, 0.1) is 27.5 Å². The summed E-state index contributed by atoms with van der Waals surface area (Å²) >= 11 is 0. The Bertz CT molecular complexity index is 3960. The molecule has 0 aliphatic heterocycles. The number of anilines is 3. The maximum Gasteiger partial charge on any atom is 0.145 e. The van der Waals surface area contributed by atoms with Crippen molar-refractivity contribution in [3.05, 3.63) is 236 Å². The van der Waals surface area contributed by atoms with Crippen LogP contribution in [0.25, 0.3) is 99.2 Å². The highest BCUT2D eigenvalue weighted by Gasteiger charge is 2.20. The fourth-order valence-electron chi connectivity index (χ4n) is 10.5. The minimum Gasteiger partial charge on any atom is -0.455 e. The van der Waals surface area contributed by atoms with Crippen LogP contribution in [0.1, 0.15) is 11.1 Å². The summed E-state index contributed by atoms with van der Waals surface area (Å²) in [7, 11) is 0. The molecule has 0 radical (unpaired) electrons. The second kappa shape index (κ2) is 15.0. The maximum absolute atomic E-state index is 6.54. The number of nitrogens with zero attached hydrogens (tertiary/aromatic N) is 3. The standard InChI is InChI=1S/C62H43N3O/c1-40-36-41(2)38-50(37-40)63(48-29-24-44(25-30-48)45-26-34-58-55(39-45)51-14-6-9-17-56(51)64(58)46-12-4-3-5-13-46)47-27-20-42(21-28-47)43-22-31-49(32-23-43)65-57-18-10-7-16-54(57)61-59(65)35-33-53-52-15-8-11-19-60(52)66-62(53)61/h3-39H,1-2H3. The molecule has 312 valence electrons. The van der Waals surface area contributed by atoms with Crippen molar-refractivity contribution in [2.45, 2.75) is 13.8 Å². The van der Waals surface area contributed by atoms with E-state index in [-0.39, 0.29) is 0 Å². The Morgan fingerprint density at radius 2 is 0.833 bits per heavy atom. The van der Waals surface area contributed by atoms with Crippen LogP contribution >= 0.6 is 0 Å². The Morgan fingerprint density at radius 1 is 0.333 bits per heavy atom. The molecule has 10 aromatic carbocycles. The number of aromatic nitrogens is 2. The lowest BCUT2D eigenvalue weighted by Crippen LogP contribution is -2.10. The highest BCUT2D eigenvalue weighted by atomic mass is 16.3. The molecular formula is C62H43N3O. The Morgan fingerprint density at radius 3 is 1.53 bits per heavy atom. The third kappa shape index (κ3) is 6.07. The van der Waals surface area contributed by atoms with Crippen molar-refractivity contribution < 1.29 is 4.42 Å². The average Bonchev–Trinajstić information content (AvgIpc) is 4.02. The molecule has 4 heteroatoms. The van der Waals surface area contributed by atoms with Gasteiger partial charge in [-0.1, -0.05) is 121 Å². The lowest BCUT2D eigenvalue weighted by Gasteiger charge is -2.26. The molecule has 66 heavy (non-hydrogen) atoms. The van der Waals surface area contributed by atoms with E-state index in [4.69, 9.17) is 4.42 Å². The van der Waals surface area contributed by atoms with E-state index in [0.717, 1.165) is 72.2 Å². The van der Waals surface area contributed by atoms with Crippen LogP contribution in [-0.2, 0) is 0 Å². The highest BCUT2D eigenvalue weighted by molar-refractivity contribution is 6.24. The van der Waals surface area contributed by atoms with Gasteiger partial charge in [0.15, 0.2) is 0 Å². The molecule has 0 amide bonds. The first kappa shape index (κ1) is 37.9. The zero-order chi connectivity index (χ0) is 43.9. The van der Waals surface area contributed by atoms with E-state index in [1.54, 1.807) is 0 Å². The van der Waals surface area contributed by atoms with Crippen molar-refractivity contribution in [2.75, 3.05) is 4.90 Å². The lowest BCUT2D eigenvalue weighted by molar-refractivity contribution is 0.673. The summed E-state index contributed by atoms with van der Waals surface area (Å²) in [6.45, 7) is 4.35. The molecule has 0 N–H and O–H groups in total. The van der Waals surface area contributed by atoms with E-state index >= 15 is 0 Å². The molecule has 3 heterocycles. The van der Waals surface area contributed by atoms with Crippen molar-refractivity contribution in [3.8, 4) is 33.6 Å². The van der Waals surface area contributed by atoms with Crippen molar-refractivity contribution in [3.63, 3.8) is 0 Å². The molecular weight excluding hydrogens is 803 g/mol. The third-order valence-corrected chi connectivity index (χ3v) is 13.4. The van der Waals surface area contributed by atoms with Crippen LogP contribution in [0.5, 0.6) is 0 Å². The van der Waals surface area contributed by atoms with Gasteiger partial charge in [-0.05, 0) is 150 Å². The smallest absolute Gasteiger partial charge is 0.145 e. The minimum atomic E-state index is 0.913. The summed E-state index contributed by atoms with van der Waals surface area (Å²) in [6.07, 6.45) is 0. The maximum atomic E-state index is 6.54. The van der Waals surface area contributed by atoms with Crippen molar-refractivity contribution in [1.29, 1.82) is 0 Å². The number of fused-ring (bicyclic) bond motifs is 10. The molecule has 0 aliphatic carbocycles. The van der Waals surface area contributed by atoms with Crippen LogP contribution in [0.4, 0.5) is 17.1 Å². The number of hydrogen-bond donors (Lipinski definition) is 0. The van der Waals surface area contributed by atoms with E-state index < -0.39 is 0 Å². The Balaban J connectivity index is 0.840. The number of rotatable bonds is 7. The highest BCUT2D eigenvalue weighted by Crippen LogP contribution is 2.42. The Labute approximate surface area is 382 Å². The first-order valence-corrected chi connectivity index (χ1v) is 22.7. The van der Waals surface area contributed by atoms with Gasteiger partial charge in [0.25, 0.3) is 0 Å². The van der Waals surface area contributed by atoms with Gasteiger partial charge < -0.3 is 18.5 Å². The van der Waals surface area contributed by atoms with E-state index in [1.165, 1.54) is 55.1 Å². The van der Waals surface area contributed by atoms with Gasteiger partial charge in [0.2, 0.25) is 0 Å². The molecule has 0 spiro atoms. The summed E-state index contributed by atoms with van der Waals surface area (Å²) in [5.74, 6) is 0. The predicted molar refractivity (Wildman–Crippen MR) is 277 cm³/mol. The largest absolute Gasteiger partial charge is 0.455 e. The van der Waals surface area contributed by atoms with Crippen LogP contribution in [0.15, 0.2) is 229 Å². The van der Waals surface area contributed by atoms with Crippen LogP contribution in [-0.4, -0.2) is 9.13 Å². The van der Waals surface area contributed by atoms with Gasteiger partial charge in [0, 0.05) is 55.4 Å². The van der Waals surface area contributed by atoms with Crippen molar-refractivity contribution >= 4 is 82.6 Å². The van der Waals surface area contributed by atoms with Gasteiger partial charge in [-0.25, -0.2) is 0 Å². The molecule has 0 saturated carbocycles. The zero-order valence-corrected chi connectivity index (χ0v) is 36.6. The van der Waals surface area contributed by atoms with E-state index in [0.29, 0.717) is 0 Å². The van der Waals surface area contributed by atoms with Gasteiger partial charge in [-0.15, -0.1) is 0 Å². The number of furan rings is 1. The monoisotopic (exact) mass is 845 g/mol. The fourth-order valence-corrected chi connectivity index (χ4v) is 10.5. The summed E-state index contributed by atoms with van der Waals surface area (Å²) in [5.41, 5.74) is 19.3. The van der Waals surface area contributed by atoms with Gasteiger partial charge in [-0.2, -0.15) is 0 Å². The van der Waals surface area contributed by atoms with Crippen molar-refractivity contribution in [2.24, 2.45) is 0 Å². The second-order valence-electron chi connectivity index (χ2n) is 17.5. The fraction of sp³-hybridized carbons (Fsp3) is 0.0323. The Kier molecular flexibility index (Phi) is 8.62. The molecule has 3 aromatic heterocycles. The van der Waals surface area contributed by atoms with Gasteiger partial charge in [0.1, 0.15) is 11.2 Å². The zero-order valence-electron chi connectivity index (χ0n) is 36.6. The first-order valence-electron chi connectivity index (χ1n) is 22.7. The molecule has 4 nitrogen and oxygen atoms in total. The van der Waals surface area contributed by atoms with Gasteiger partial charge >= 0.3 is 0 Å². The molecule has 0 fully saturated rings. The molecule has 0 atom stereocenters. The Hall–Kier alpha value is -8.60. The van der Waals surface area contributed by atoms with Crippen LogP contribution in [0.2, 0.25) is 0 Å². The second-order valence-corrected chi connectivity index (χ2v) is 17.5. The van der Waals surface area contributed by atoms with Crippen molar-refractivity contribution in [1.82, 2.24) is 9.13 Å². The van der Waals surface area contributed by atoms with Crippen LogP contribution < -0.4 is 4.90 Å². The number of benzene rings is 10. The summed E-state index contributed by atoms with van der Waals surface area (Å²) in [6, 6.07) is 81.4. The summed E-state index contributed by atoms with van der Waals surface area (Å²) < 4.78 is 11.3. The number of aryl methyl sites for hydroxylation is 2. The molecule has 13 aromatic rings.